The molecule has 0 aliphatic rings. The van der Waals surface area contributed by atoms with Crippen molar-refractivity contribution in [1.29, 1.82) is 0 Å². The van der Waals surface area contributed by atoms with Gasteiger partial charge in [-0.3, -0.25) is 0 Å². The van der Waals surface area contributed by atoms with Crippen molar-refractivity contribution in [3.05, 3.63) is 5.92 Å². The largest absolute Gasteiger partial charge is 0.394 e. The normalized spacial score (nSPS) is 12.5. The number of unbranched alkanes of at least 4 members (excludes halogenated alkanes) is 30. The minimum atomic E-state index is -0.595. The van der Waals surface area contributed by atoms with E-state index in [1.165, 1.54) is 211 Å². The lowest BCUT2D eigenvalue weighted by Gasteiger charge is -2.20. The zero-order chi connectivity index (χ0) is 29.9. The molecule has 41 heavy (non-hydrogen) atoms. The molecule has 2 nitrogen and oxygen atoms in total. The van der Waals surface area contributed by atoms with Gasteiger partial charge in [-0.15, -0.1) is 0 Å². The van der Waals surface area contributed by atoms with Gasteiger partial charge in [-0.25, -0.2) is 0 Å². The van der Waals surface area contributed by atoms with E-state index in [2.05, 4.69) is 13.8 Å². The first-order chi connectivity index (χ1) is 20.3. The summed E-state index contributed by atoms with van der Waals surface area (Å²) in [7, 11) is 0. The van der Waals surface area contributed by atoms with Gasteiger partial charge in [0.15, 0.2) is 0 Å². The van der Waals surface area contributed by atoms with Crippen LogP contribution in [0.4, 0.5) is 0 Å². The van der Waals surface area contributed by atoms with Gasteiger partial charge in [-0.1, -0.05) is 219 Å². The monoisotopic (exact) mass is 580 g/mol. The molecule has 0 aliphatic heterocycles. The third kappa shape index (κ3) is 32.7. The van der Waals surface area contributed by atoms with Gasteiger partial charge < -0.3 is 10.2 Å². The number of rotatable bonds is 36. The van der Waals surface area contributed by atoms with E-state index < -0.39 is 6.10 Å². The smallest absolute Gasteiger partial charge is 0.0833 e. The summed E-state index contributed by atoms with van der Waals surface area (Å²) in [6, 6.07) is 0. The highest BCUT2D eigenvalue weighted by Gasteiger charge is 2.18. The van der Waals surface area contributed by atoms with Gasteiger partial charge in [0.05, 0.1) is 12.7 Å². The average molecular weight is 580 g/mol. The van der Waals surface area contributed by atoms with Crippen molar-refractivity contribution >= 4 is 0 Å². The van der Waals surface area contributed by atoms with Crippen molar-refractivity contribution in [2.45, 2.75) is 238 Å². The second-order valence-corrected chi connectivity index (χ2v) is 13.5. The third-order valence-corrected chi connectivity index (χ3v) is 9.35. The summed E-state index contributed by atoms with van der Waals surface area (Å²) in [6.07, 6.45) is 46.0. The molecule has 0 amide bonds. The van der Waals surface area contributed by atoms with E-state index in [-0.39, 0.29) is 6.61 Å². The van der Waals surface area contributed by atoms with Crippen LogP contribution in [0.3, 0.4) is 0 Å². The lowest BCUT2D eigenvalue weighted by Crippen LogP contribution is -2.22. The molecule has 0 aliphatic carbocycles. The molecular weight excluding hydrogens is 500 g/mol. The Morgan fingerprint density at radius 2 is 0.537 bits per heavy atom. The first kappa shape index (κ1) is 40.9. The van der Waals surface area contributed by atoms with Crippen LogP contribution >= 0.6 is 0 Å². The second-order valence-electron chi connectivity index (χ2n) is 13.5. The van der Waals surface area contributed by atoms with Gasteiger partial charge in [0.25, 0.3) is 0 Å². The second kappa shape index (κ2) is 36.1. The zero-order valence-electron chi connectivity index (χ0n) is 28.7. The molecule has 2 N–H and O–H groups in total. The third-order valence-electron chi connectivity index (χ3n) is 9.35. The van der Waals surface area contributed by atoms with E-state index in [1.807, 2.05) is 0 Å². The Morgan fingerprint density at radius 3 is 0.732 bits per heavy atom. The van der Waals surface area contributed by atoms with Crippen molar-refractivity contribution in [2.24, 2.45) is 0 Å². The Morgan fingerprint density at radius 1 is 0.341 bits per heavy atom. The number of aliphatic hydroxyl groups is 2. The topological polar surface area (TPSA) is 40.5 Å². The van der Waals surface area contributed by atoms with Crippen LogP contribution in [0.25, 0.3) is 0 Å². The quantitative estimate of drug-likeness (QED) is 0.0725. The number of aliphatic hydroxyl groups excluding tert-OH is 2. The SMILES string of the molecule is CCCCCCCCCCCCCCCCCC[C](CCCCCCCCCCCCCCCCCC)C(O)CO. The summed E-state index contributed by atoms with van der Waals surface area (Å²) in [6.45, 7) is 4.48. The fourth-order valence-corrected chi connectivity index (χ4v) is 6.39. The summed E-state index contributed by atoms with van der Waals surface area (Å²) in [4.78, 5) is 0. The summed E-state index contributed by atoms with van der Waals surface area (Å²) in [5.74, 6) is 1.21. The molecule has 0 aromatic rings. The first-order valence-electron chi connectivity index (χ1n) is 19.4. The summed E-state index contributed by atoms with van der Waals surface area (Å²) >= 11 is 0. The maximum Gasteiger partial charge on any atom is 0.0833 e. The minimum absolute atomic E-state index is 0.104. The van der Waals surface area contributed by atoms with E-state index in [9.17, 15) is 10.2 Å². The van der Waals surface area contributed by atoms with Gasteiger partial charge in [0.1, 0.15) is 0 Å². The molecular formula is C39H79O2. The highest BCUT2D eigenvalue weighted by molar-refractivity contribution is 4.96. The number of hydrogen-bond acceptors (Lipinski definition) is 2. The molecule has 0 fully saturated rings. The Hall–Kier alpha value is -0.0800. The molecule has 0 saturated carbocycles. The van der Waals surface area contributed by atoms with Crippen LogP contribution in [-0.4, -0.2) is 22.9 Å². The molecule has 0 aromatic carbocycles. The molecule has 1 radical (unpaired) electrons. The van der Waals surface area contributed by atoms with Crippen LogP contribution in [0.5, 0.6) is 0 Å². The van der Waals surface area contributed by atoms with Gasteiger partial charge in [0, 0.05) is 5.92 Å². The van der Waals surface area contributed by atoms with Crippen LogP contribution in [-0.2, 0) is 0 Å². The molecule has 0 heterocycles. The van der Waals surface area contributed by atoms with Crippen molar-refractivity contribution in [3.63, 3.8) is 0 Å². The van der Waals surface area contributed by atoms with E-state index in [0.717, 1.165) is 12.8 Å². The molecule has 0 aromatic heterocycles. The summed E-state index contributed by atoms with van der Waals surface area (Å²) < 4.78 is 0. The molecule has 1 unspecified atom stereocenters. The maximum atomic E-state index is 10.3. The molecule has 0 spiro atoms. The van der Waals surface area contributed by atoms with Gasteiger partial charge in [-0.2, -0.15) is 0 Å². The highest BCUT2D eigenvalue weighted by Crippen LogP contribution is 2.24. The van der Waals surface area contributed by atoms with Crippen molar-refractivity contribution in [1.82, 2.24) is 0 Å². The summed E-state index contributed by atoms with van der Waals surface area (Å²) in [5, 5.41) is 19.8. The lowest BCUT2D eigenvalue weighted by atomic mass is 9.90. The van der Waals surface area contributed by atoms with Crippen LogP contribution < -0.4 is 0 Å². The standard InChI is InChI=1S/C39H79O2/c1-3-5-7-9-11-13-15-17-19-21-23-25-27-29-31-33-35-38(39(41)37-40)36-34-32-30-28-26-24-22-20-18-16-14-12-10-8-6-4-2/h39-41H,3-37H2,1-2H3. The predicted octanol–water partition coefficient (Wildman–Crippen LogP) is 13.2. The van der Waals surface area contributed by atoms with Crippen LogP contribution in [0.15, 0.2) is 0 Å². The lowest BCUT2D eigenvalue weighted by molar-refractivity contribution is 0.0966. The van der Waals surface area contributed by atoms with Gasteiger partial charge >= 0.3 is 0 Å². The van der Waals surface area contributed by atoms with E-state index in [4.69, 9.17) is 0 Å². The Labute approximate surface area is 260 Å². The van der Waals surface area contributed by atoms with Gasteiger partial charge in [0.2, 0.25) is 0 Å². The molecule has 0 rings (SSSR count). The van der Waals surface area contributed by atoms with Crippen molar-refractivity contribution < 1.29 is 10.2 Å². The molecule has 247 valence electrons. The predicted molar refractivity (Wildman–Crippen MR) is 185 cm³/mol. The number of hydrogen-bond donors (Lipinski definition) is 2. The Kier molecular flexibility index (Phi) is 36.0. The van der Waals surface area contributed by atoms with Crippen molar-refractivity contribution in [3.8, 4) is 0 Å². The first-order valence-corrected chi connectivity index (χ1v) is 19.4. The Bertz CT molecular complexity index is 415. The summed E-state index contributed by atoms with van der Waals surface area (Å²) in [5.41, 5.74) is 0. The van der Waals surface area contributed by atoms with Crippen LogP contribution in [0.2, 0.25) is 0 Å². The Balaban J connectivity index is 3.47. The molecule has 2 heteroatoms. The van der Waals surface area contributed by atoms with E-state index in [0.29, 0.717) is 0 Å². The molecule has 0 saturated heterocycles. The average Bonchev–Trinajstić information content (AvgIpc) is 2.99. The maximum absolute atomic E-state index is 10.3. The minimum Gasteiger partial charge on any atom is -0.394 e. The van der Waals surface area contributed by atoms with Crippen molar-refractivity contribution in [2.75, 3.05) is 6.61 Å². The fourth-order valence-electron chi connectivity index (χ4n) is 6.39. The molecule has 1 atom stereocenters. The fraction of sp³-hybridized carbons (Fsp3) is 0.974. The molecule has 0 bridgehead atoms. The van der Waals surface area contributed by atoms with E-state index >= 15 is 0 Å². The zero-order valence-corrected chi connectivity index (χ0v) is 28.7. The highest BCUT2D eigenvalue weighted by atomic mass is 16.3. The van der Waals surface area contributed by atoms with Crippen LogP contribution in [0.1, 0.15) is 232 Å². The van der Waals surface area contributed by atoms with Gasteiger partial charge in [-0.05, 0) is 12.8 Å². The van der Waals surface area contributed by atoms with E-state index in [1.54, 1.807) is 0 Å². The van der Waals surface area contributed by atoms with Crippen LogP contribution in [0, 0.1) is 5.92 Å².